The Bertz CT molecular complexity index is 657. The summed E-state index contributed by atoms with van der Waals surface area (Å²) >= 11 is 0. The minimum Gasteiger partial charge on any atom is -0.381 e. The number of piperidine rings is 1. The predicted octanol–water partition coefficient (Wildman–Crippen LogP) is 2.54. The molecule has 0 amide bonds. The molecule has 0 atom stereocenters. The Hall–Kier alpha value is -0.920. The number of hydrogen-bond donors (Lipinski definition) is 0. The lowest BCUT2D eigenvalue weighted by molar-refractivity contribution is 0.0824. The third-order valence-corrected chi connectivity index (χ3v) is 7.62. The quantitative estimate of drug-likeness (QED) is 0.773. The molecule has 3 rings (SSSR count). The average Bonchev–Trinajstić information content (AvgIpc) is 2.97. The van der Waals surface area contributed by atoms with E-state index in [1.54, 1.807) is 4.31 Å². The first-order valence-electron chi connectivity index (χ1n) is 9.59. The van der Waals surface area contributed by atoms with Crippen LogP contribution in [0.4, 0.5) is 0 Å². The third kappa shape index (κ3) is 4.44. The predicted molar refractivity (Wildman–Crippen MR) is 98.1 cm³/mol. The zero-order chi connectivity index (χ0) is 17.9. The second kappa shape index (κ2) is 8.18. The van der Waals surface area contributed by atoms with Gasteiger partial charge in [-0.05, 0) is 44.9 Å². The van der Waals surface area contributed by atoms with Gasteiger partial charge in [-0.3, -0.25) is 0 Å². The highest BCUT2D eigenvalue weighted by molar-refractivity contribution is 7.89. The molecule has 7 heteroatoms. The highest BCUT2D eigenvalue weighted by Crippen LogP contribution is 2.29. The van der Waals surface area contributed by atoms with Gasteiger partial charge >= 0.3 is 0 Å². The Morgan fingerprint density at radius 2 is 1.88 bits per heavy atom. The van der Waals surface area contributed by atoms with E-state index in [-0.39, 0.29) is 5.75 Å². The summed E-state index contributed by atoms with van der Waals surface area (Å²) in [5.41, 5.74) is 1.21. The fourth-order valence-electron chi connectivity index (χ4n) is 4.01. The molecule has 0 spiro atoms. The number of ether oxygens (including phenoxy) is 1. The molecule has 0 aliphatic carbocycles. The first kappa shape index (κ1) is 18.9. The normalized spacial score (nSPS) is 21.7. The van der Waals surface area contributed by atoms with Crippen LogP contribution in [0.1, 0.15) is 56.5 Å². The molecule has 0 saturated carbocycles. The second-order valence-corrected chi connectivity index (χ2v) is 9.50. The Kier molecular flexibility index (Phi) is 6.17. The van der Waals surface area contributed by atoms with E-state index < -0.39 is 10.0 Å². The van der Waals surface area contributed by atoms with Crippen LogP contribution in [0.25, 0.3) is 0 Å². The van der Waals surface area contributed by atoms with Crippen molar-refractivity contribution in [1.29, 1.82) is 0 Å². The number of imidazole rings is 1. The molecule has 2 aliphatic rings. The van der Waals surface area contributed by atoms with E-state index in [1.165, 1.54) is 11.5 Å². The Labute approximate surface area is 151 Å². The summed E-state index contributed by atoms with van der Waals surface area (Å²) in [5.74, 6) is 2.49. The molecule has 0 unspecified atom stereocenters. The van der Waals surface area contributed by atoms with Gasteiger partial charge in [-0.1, -0.05) is 6.92 Å². The molecule has 2 aliphatic heterocycles. The standard InChI is InChI=1S/C18H31N3O3S/c1-3-12-25(22,23)20-8-4-16(5-9-20)14-21-15(2)13-19-18(21)17-6-10-24-11-7-17/h13,16-17H,3-12,14H2,1-2H3. The highest BCUT2D eigenvalue weighted by atomic mass is 32.2. The van der Waals surface area contributed by atoms with E-state index in [1.807, 2.05) is 13.1 Å². The van der Waals surface area contributed by atoms with E-state index in [2.05, 4.69) is 16.5 Å². The lowest BCUT2D eigenvalue weighted by Gasteiger charge is -2.32. The molecule has 1 aromatic heterocycles. The lowest BCUT2D eigenvalue weighted by Crippen LogP contribution is -2.40. The number of aromatic nitrogens is 2. The minimum atomic E-state index is -3.05. The summed E-state index contributed by atoms with van der Waals surface area (Å²) in [7, 11) is -3.05. The Morgan fingerprint density at radius 3 is 2.52 bits per heavy atom. The summed E-state index contributed by atoms with van der Waals surface area (Å²) in [6, 6.07) is 0. The van der Waals surface area contributed by atoms with Gasteiger partial charge in [0, 0.05) is 50.7 Å². The highest BCUT2D eigenvalue weighted by Gasteiger charge is 2.29. The van der Waals surface area contributed by atoms with Crippen LogP contribution in [0, 0.1) is 12.8 Å². The van der Waals surface area contributed by atoms with Crippen molar-refractivity contribution < 1.29 is 13.2 Å². The first-order valence-corrected chi connectivity index (χ1v) is 11.2. The number of sulfonamides is 1. The molecule has 25 heavy (non-hydrogen) atoms. The van der Waals surface area contributed by atoms with Crippen LogP contribution < -0.4 is 0 Å². The maximum absolute atomic E-state index is 12.2. The molecule has 1 aromatic rings. The molecule has 0 aromatic carbocycles. The SMILES string of the molecule is CCCS(=O)(=O)N1CCC(Cn2c(C)cnc2C2CCOCC2)CC1. The molecule has 0 radical (unpaired) electrons. The number of rotatable bonds is 6. The van der Waals surface area contributed by atoms with Gasteiger partial charge in [0.1, 0.15) is 5.82 Å². The van der Waals surface area contributed by atoms with Crippen LogP contribution in [-0.4, -0.2) is 54.3 Å². The monoisotopic (exact) mass is 369 g/mol. The van der Waals surface area contributed by atoms with Gasteiger partial charge in [0.05, 0.1) is 5.75 Å². The zero-order valence-corrected chi connectivity index (χ0v) is 16.3. The summed E-state index contributed by atoms with van der Waals surface area (Å²) < 4.78 is 34.0. The summed E-state index contributed by atoms with van der Waals surface area (Å²) in [5, 5.41) is 0. The number of hydrogen-bond acceptors (Lipinski definition) is 4. The van der Waals surface area contributed by atoms with E-state index >= 15 is 0 Å². The van der Waals surface area contributed by atoms with Crippen LogP contribution in [0.15, 0.2) is 6.20 Å². The topological polar surface area (TPSA) is 64.4 Å². The summed E-state index contributed by atoms with van der Waals surface area (Å²) in [4.78, 5) is 4.68. The number of nitrogens with zero attached hydrogens (tertiary/aromatic N) is 3. The summed E-state index contributed by atoms with van der Waals surface area (Å²) in [6.45, 7) is 7.97. The van der Waals surface area contributed by atoms with Crippen LogP contribution >= 0.6 is 0 Å². The smallest absolute Gasteiger partial charge is 0.214 e. The first-order chi connectivity index (χ1) is 12.0. The fraction of sp³-hybridized carbons (Fsp3) is 0.833. The largest absolute Gasteiger partial charge is 0.381 e. The summed E-state index contributed by atoms with van der Waals surface area (Å²) in [6.07, 6.45) is 6.63. The lowest BCUT2D eigenvalue weighted by atomic mass is 9.96. The van der Waals surface area contributed by atoms with Crippen LogP contribution in [-0.2, 0) is 21.3 Å². The molecular formula is C18H31N3O3S. The second-order valence-electron chi connectivity index (χ2n) is 7.41. The molecule has 0 N–H and O–H groups in total. The Morgan fingerprint density at radius 1 is 1.20 bits per heavy atom. The van der Waals surface area contributed by atoms with Gasteiger partial charge < -0.3 is 9.30 Å². The molecule has 3 heterocycles. The van der Waals surface area contributed by atoms with Gasteiger partial charge in [-0.25, -0.2) is 17.7 Å². The van der Waals surface area contributed by atoms with Gasteiger partial charge in [0.15, 0.2) is 0 Å². The van der Waals surface area contributed by atoms with Crippen molar-refractivity contribution >= 4 is 10.0 Å². The van der Waals surface area contributed by atoms with E-state index in [9.17, 15) is 8.42 Å². The minimum absolute atomic E-state index is 0.270. The zero-order valence-electron chi connectivity index (χ0n) is 15.5. The van der Waals surface area contributed by atoms with Gasteiger partial charge in [-0.2, -0.15) is 0 Å². The molecular weight excluding hydrogens is 338 g/mol. The average molecular weight is 370 g/mol. The van der Waals surface area contributed by atoms with Crippen molar-refractivity contribution in [2.45, 2.75) is 58.4 Å². The molecule has 0 bridgehead atoms. The third-order valence-electron chi connectivity index (χ3n) is 5.54. The van der Waals surface area contributed by atoms with Crippen LogP contribution in [0.2, 0.25) is 0 Å². The molecule has 6 nitrogen and oxygen atoms in total. The van der Waals surface area contributed by atoms with Crippen molar-refractivity contribution in [2.24, 2.45) is 5.92 Å². The maximum atomic E-state index is 12.2. The van der Waals surface area contributed by atoms with Crippen molar-refractivity contribution in [3.05, 3.63) is 17.7 Å². The van der Waals surface area contributed by atoms with Gasteiger partial charge in [0.2, 0.25) is 10.0 Å². The molecule has 142 valence electrons. The van der Waals surface area contributed by atoms with E-state index in [0.717, 1.165) is 45.4 Å². The van der Waals surface area contributed by atoms with Crippen LogP contribution in [0.3, 0.4) is 0 Å². The van der Waals surface area contributed by atoms with Crippen LogP contribution in [0.5, 0.6) is 0 Å². The molecule has 2 saturated heterocycles. The van der Waals surface area contributed by atoms with E-state index in [0.29, 0.717) is 31.3 Å². The Balaban J connectivity index is 1.62. The fourth-order valence-corrected chi connectivity index (χ4v) is 5.56. The van der Waals surface area contributed by atoms with Gasteiger partial charge in [0.25, 0.3) is 0 Å². The van der Waals surface area contributed by atoms with Gasteiger partial charge in [-0.15, -0.1) is 0 Å². The van der Waals surface area contributed by atoms with Crippen molar-refractivity contribution in [3.8, 4) is 0 Å². The van der Waals surface area contributed by atoms with Crippen molar-refractivity contribution in [2.75, 3.05) is 32.1 Å². The molecule has 2 fully saturated rings. The maximum Gasteiger partial charge on any atom is 0.214 e. The van der Waals surface area contributed by atoms with Crippen molar-refractivity contribution in [3.63, 3.8) is 0 Å². The van der Waals surface area contributed by atoms with Crippen molar-refractivity contribution in [1.82, 2.24) is 13.9 Å². The van der Waals surface area contributed by atoms with E-state index in [4.69, 9.17) is 4.74 Å². The number of aryl methyl sites for hydroxylation is 1.